The molecule has 1 aromatic carbocycles. The van der Waals surface area contributed by atoms with Crippen LogP contribution in [-0.4, -0.2) is 67.9 Å². The molecule has 7 nitrogen and oxygen atoms in total. The van der Waals surface area contributed by atoms with Crippen LogP contribution in [0.4, 0.5) is 0 Å². The SMILES string of the molecule is Cc1c(O)cccc1C(C)C.O=CC(O)C(O)C(O)C(O)CO. The molecule has 0 spiro atoms. The van der Waals surface area contributed by atoms with Crippen molar-refractivity contribution in [2.45, 2.75) is 51.1 Å². The molecule has 7 heteroatoms. The average Bonchev–Trinajstić information content (AvgIpc) is 2.54. The van der Waals surface area contributed by atoms with Gasteiger partial charge in [-0.3, -0.25) is 0 Å². The van der Waals surface area contributed by atoms with Gasteiger partial charge in [0.2, 0.25) is 0 Å². The van der Waals surface area contributed by atoms with E-state index in [1.807, 2.05) is 13.0 Å². The number of carbonyl (C=O) groups excluding carboxylic acids is 1. The minimum Gasteiger partial charge on any atom is -0.508 e. The lowest BCUT2D eigenvalue weighted by molar-refractivity contribution is -0.136. The fourth-order valence-corrected chi connectivity index (χ4v) is 1.88. The number of phenols is 1. The van der Waals surface area contributed by atoms with Gasteiger partial charge in [0.15, 0.2) is 6.29 Å². The maximum Gasteiger partial charge on any atom is 0.151 e. The third-order valence-electron chi connectivity index (χ3n) is 3.39. The van der Waals surface area contributed by atoms with E-state index in [0.717, 1.165) is 5.56 Å². The zero-order chi connectivity index (χ0) is 18.2. The number of aliphatic hydroxyl groups is 5. The van der Waals surface area contributed by atoms with Gasteiger partial charge in [0.05, 0.1) is 6.61 Å². The zero-order valence-corrected chi connectivity index (χ0v) is 13.5. The highest BCUT2D eigenvalue weighted by Crippen LogP contribution is 2.25. The van der Waals surface area contributed by atoms with Crippen molar-refractivity contribution in [2.75, 3.05) is 6.61 Å². The van der Waals surface area contributed by atoms with Crippen molar-refractivity contribution in [3.8, 4) is 5.75 Å². The van der Waals surface area contributed by atoms with E-state index < -0.39 is 31.0 Å². The molecule has 0 aliphatic rings. The summed E-state index contributed by atoms with van der Waals surface area (Å²) in [5.41, 5.74) is 2.23. The number of hydrogen-bond donors (Lipinski definition) is 6. The number of aliphatic hydroxyl groups excluding tert-OH is 5. The van der Waals surface area contributed by atoms with Crippen molar-refractivity contribution in [3.63, 3.8) is 0 Å². The fourth-order valence-electron chi connectivity index (χ4n) is 1.88. The number of rotatable bonds is 6. The first-order valence-corrected chi connectivity index (χ1v) is 7.24. The van der Waals surface area contributed by atoms with Crippen LogP contribution in [0.2, 0.25) is 0 Å². The predicted molar refractivity (Wildman–Crippen MR) is 84.1 cm³/mol. The molecule has 0 aliphatic carbocycles. The van der Waals surface area contributed by atoms with E-state index in [9.17, 15) is 9.90 Å². The van der Waals surface area contributed by atoms with E-state index in [4.69, 9.17) is 25.5 Å². The molecule has 0 saturated carbocycles. The molecule has 23 heavy (non-hydrogen) atoms. The molecule has 0 aliphatic heterocycles. The maximum atomic E-state index is 9.90. The summed E-state index contributed by atoms with van der Waals surface area (Å²) in [7, 11) is 0. The van der Waals surface area contributed by atoms with E-state index in [1.165, 1.54) is 5.56 Å². The van der Waals surface area contributed by atoms with Crippen molar-refractivity contribution < 1.29 is 35.4 Å². The predicted octanol–water partition coefficient (Wildman–Crippen LogP) is -0.555. The van der Waals surface area contributed by atoms with Gasteiger partial charge < -0.3 is 35.4 Å². The first-order chi connectivity index (χ1) is 10.7. The summed E-state index contributed by atoms with van der Waals surface area (Å²) in [5.74, 6) is 0.887. The van der Waals surface area contributed by atoms with Crippen LogP contribution < -0.4 is 0 Å². The summed E-state index contributed by atoms with van der Waals surface area (Å²) in [5, 5.41) is 52.9. The molecule has 6 N–H and O–H groups in total. The summed E-state index contributed by atoms with van der Waals surface area (Å²) in [6.07, 6.45) is -6.84. The van der Waals surface area contributed by atoms with Crippen molar-refractivity contribution in [1.29, 1.82) is 0 Å². The Kier molecular flexibility index (Phi) is 9.62. The van der Waals surface area contributed by atoms with Gasteiger partial charge in [-0.1, -0.05) is 26.0 Å². The van der Waals surface area contributed by atoms with Gasteiger partial charge in [-0.25, -0.2) is 0 Å². The molecule has 0 amide bonds. The molecule has 1 rings (SSSR count). The second-order valence-corrected chi connectivity index (χ2v) is 5.50. The van der Waals surface area contributed by atoms with Crippen LogP contribution in [0, 0.1) is 6.92 Å². The number of carbonyl (C=O) groups is 1. The summed E-state index contributed by atoms with van der Waals surface area (Å²) in [4.78, 5) is 9.90. The lowest BCUT2D eigenvalue weighted by Gasteiger charge is -2.22. The highest BCUT2D eigenvalue weighted by molar-refractivity contribution is 5.56. The molecular weight excluding hydrogens is 304 g/mol. The smallest absolute Gasteiger partial charge is 0.151 e. The number of aromatic hydroxyl groups is 1. The Bertz CT molecular complexity index is 475. The second kappa shape index (κ2) is 10.3. The van der Waals surface area contributed by atoms with Crippen LogP contribution >= 0.6 is 0 Å². The van der Waals surface area contributed by atoms with E-state index in [1.54, 1.807) is 6.07 Å². The number of hydrogen-bond acceptors (Lipinski definition) is 7. The Morgan fingerprint density at radius 3 is 2.04 bits per heavy atom. The first-order valence-electron chi connectivity index (χ1n) is 7.24. The van der Waals surface area contributed by atoms with Crippen LogP contribution in [0.5, 0.6) is 5.75 Å². The van der Waals surface area contributed by atoms with Gasteiger partial charge in [0, 0.05) is 0 Å². The molecule has 0 radical (unpaired) electrons. The van der Waals surface area contributed by atoms with E-state index in [2.05, 4.69) is 19.9 Å². The van der Waals surface area contributed by atoms with Crippen molar-refractivity contribution >= 4 is 6.29 Å². The first kappa shape index (κ1) is 21.5. The molecular formula is C16H26O7. The third kappa shape index (κ3) is 6.64. The molecule has 4 unspecified atom stereocenters. The van der Waals surface area contributed by atoms with Crippen molar-refractivity contribution in [3.05, 3.63) is 29.3 Å². The summed E-state index contributed by atoms with van der Waals surface area (Å²) < 4.78 is 0. The topological polar surface area (TPSA) is 138 Å². The van der Waals surface area contributed by atoms with Crippen LogP contribution in [0.15, 0.2) is 18.2 Å². The molecule has 132 valence electrons. The highest BCUT2D eigenvalue weighted by atomic mass is 16.4. The molecule has 0 bridgehead atoms. The van der Waals surface area contributed by atoms with Gasteiger partial charge in [-0.15, -0.1) is 0 Å². The quantitative estimate of drug-likeness (QED) is 0.385. The number of benzene rings is 1. The Hall–Kier alpha value is -1.51. The average molecular weight is 330 g/mol. The largest absolute Gasteiger partial charge is 0.508 e. The monoisotopic (exact) mass is 330 g/mol. The summed E-state index contributed by atoms with van der Waals surface area (Å²) >= 11 is 0. The van der Waals surface area contributed by atoms with E-state index in [0.29, 0.717) is 11.7 Å². The van der Waals surface area contributed by atoms with E-state index in [-0.39, 0.29) is 6.29 Å². The van der Waals surface area contributed by atoms with E-state index >= 15 is 0 Å². The lowest BCUT2D eigenvalue weighted by Crippen LogP contribution is -2.46. The van der Waals surface area contributed by atoms with Gasteiger partial charge in [-0.2, -0.15) is 0 Å². The normalized spacial score (nSPS) is 16.0. The van der Waals surface area contributed by atoms with Crippen LogP contribution in [-0.2, 0) is 4.79 Å². The van der Waals surface area contributed by atoms with Crippen LogP contribution in [0.25, 0.3) is 0 Å². The molecule has 0 fully saturated rings. The van der Waals surface area contributed by atoms with Gasteiger partial charge in [0.1, 0.15) is 30.2 Å². The van der Waals surface area contributed by atoms with Crippen LogP contribution in [0.3, 0.4) is 0 Å². The molecule has 0 saturated heterocycles. The Labute approximate surface area is 135 Å². The summed E-state index contributed by atoms with van der Waals surface area (Å²) in [6, 6.07) is 5.67. The van der Waals surface area contributed by atoms with Gasteiger partial charge in [0.25, 0.3) is 0 Å². The Morgan fingerprint density at radius 1 is 1.09 bits per heavy atom. The number of phenolic OH excluding ortho intramolecular Hbond substituents is 1. The Balaban J connectivity index is 0.000000422. The highest BCUT2D eigenvalue weighted by Gasteiger charge is 2.29. The fraction of sp³-hybridized carbons (Fsp3) is 0.562. The maximum absolute atomic E-state index is 9.90. The molecule has 1 aromatic rings. The third-order valence-corrected chi connectivity index (χ3v) is 3.39. The molecule has 4 atom stereocenters. The van der Waals surface area contributed by atoms with Crippen molar-refractivity contribution in [2.24, 2.45) is 0 Å². The standard InChI is InChI=1S/C10H14O.C6H12O6/c1-7(2)9-5-4-6-10(11)8(9)3;7-1-3(9)5(11)6(12)4(10)2-8/h4-7,11H,1-3H3;1,3-6,8-12H,2H2. The second-order valence-electron chi connectivity index (χ2n) is 5.50. The van der Waals surface area contributed by atoms with Gasteiger partial charge in [-0.05, 0) is 30.0 Å². The minimum absolute atomic E-state index is 0.0258. The van der Waals surface area contributed by atoms with Crippen LogP contribution in [0.1, 0.15) is 30.9 Å². The zero-order valence-electron chi connectivity index (χ0n) is 13.5. The molecule has 0 heterocycles. The van der Waals surface area contributed by atoms with Gasteiger partial charge >= 0.3 is 0 Å². The summed E-state index contributed by atoms with van der Waals surface area (Å²) in [6.45, 7) is 5.44. The van der Waals surface area contributed by atoms with Crippen molar-refractivity contribution in [1.82, 2.24) is 0 Å². The number of aldehydes is 1. The lowest BCUT2D eigenvalue weighted by atomic mass is 9.98. The minimum atomic E-state index is -1.79. The molecule has 0 aromatic heterocycles. The Morgan fingerprint density at radius 2 is 1.65 bits per heavy atom.